The van der Waals surface area contributed by atoms with Crippen molar-refractivity contribution in [2.75, 3.05) is 11.6 Å². The Morgan fingerprint density at radius 3 is 3.07 bits per heavy atom. The first-order valence-corrected chi connectivity index (χ1v) is 6.56. The molecule has 2 aromatic heterocycles. The van der Waals surface area contributed by atoms with Crippen LogP contribution in [-0.4, -0.2) is 20.6 Å². The molecule has 2 rings (SSSR count). The van der Waals surface area contributed by atoms with Crippen LogP contribution in [0.25, 0.3) is 10.7 Å². The SMILES string of the molecule is CCCSc1nnc(-c2cccs2)n1N. The maximum absolute atomic E-state index is 5.91. The van der Waals surface area contributed by atoms with Crippen LogP contribution in [0.4, 0.5) is 0 Å². The van der Waals surface area contributed by atoms with Crippen LogP contribution < -0.4 is 5.84 Å². The molecule has 2 N–H and O–H groups in total. The monoisotopic (exact) mass is 240 g/mol. The lowest BCUT2D eigenvalue weighted by Gasteiger charge is -2.00. The number of nitrogen functional groups attached to an aromatic ring is 1. The van der Waals surface area contributed by atoms with Crippen LogP contribution in [0.15, 0.2) is 22.7 Å². The summed E-state index contributed by atoms with van der Waals surface area (Å²) in [7, 11) is 0. The summed E-state index contributed by atoms with van der Waals surface area (Å²) in [4.78, 5) is 1.05. The van der Waals surface area contributed by atoms with Crippen molar-refractivity contribution in [2.45, 2.75) is 18.5 Å². The van der Waals surface area contributed by atoms with Crippen LogP contribution in [0.2, 0.25) is 0 Å². The van der Waals surface area contributed by atoms with E-state index in [0.717, 1.165) is 28.0 Å². The standard InChI is InChI=1S/C9H12N4S2/c1-2-5-15-9-12-11-8(13(9)10)7-4-3-6-14-7/h3-4,6H,2,5,10H2,1H3. The molecule has 80 valence electrons. The van der Waals surface area contributed by atoms with Crippen molar-refractivity contribution in [3.05, 3.63) is 17.5 Å². The quantitative estimate of drug-likeness (QED) is 0.657. The first-order valence-electron chi connectivity index (χ1n) is 4.70. The van der Waals surface area contributed by atoms with Gasteiger partial charge in [-0.1, -0.05) is 24.8 Å². The van der Waals surface area contributed by atoms with Gasteiger partial charge in [0.2, 0.25) is 5.16 Å². The Bertz CT molecular complexity index is 421. The van der Waals surface area contributed by atoms with E-state index < -0.39 is 0 Å². The Kier molecular flexibility index (Phi) is 3.27. The van der Waals surface area contributed by atoms with Crippen molar-refractivity contribution in [3.8, 4) is 10.7 Å². The lowest BCUT2D eigenvalue weighted by Crippen LogP contribution is -2.11. The molecular formula is C9H12N4S2. The molecule has 2 aromatic rings. The molecule has 2 heterocycles. The molecule has 0 aliphatic rings. The Morgan fingerprint density at radius 1 is 1.53 bits per heavy atom. The zero-order valence-electron chi connectivity index (χ0n) is 8.38. The van der Waals surface area contributed by atoms with Gasteiger partial charge in [0.1, 0.15) is 0 Å². The molecule has 15 heavy (non-hydrogen) atoms. The number of aromatic nitrogens is 3. The fourth-order valence-electron chi connectivity index (χ4n) is 1.14. The number of thioether (sulfide) groups is 1. The van der Waals surface area contributed by atoms with Gasteiger partial charge in [-0.3, -0.25) is 0 Å². The highest BCUT2D eigenvalue weighted by atomic mass is 32.2. The Balaban J connectivity index is 2.24. The Labute approximate surface area is 96.5 Å². The third-order valence-corrected chi connectivity index (χ3v) is 3.86. The average Bonchev–Trinajstić information content (AvgIpc) is 2.84. The van der Waals surface area contributed by atoms with Crippen LogP contribution in [-0.2, 0) is 0 Å². The van der Waals surface area contributed by atoms with E-state index in [1.54, 1.807) is 27.8 Å². The van der Waals surface area contributed by atoms with Crippen molar-refractivity contribution < 1.29 is 0 Å². The summed E-state index contributed by atoms with van der Waals surface area (Å²) in [5.41, 5.74) is 0. The molecule has 6 heteroatoms. The molecule has 0 atom stereocenters. The molecule has 0 radical (unpaired) electrons. The smallest absolute Gasteiger partial charge is 0.210 e. The van der Waals surface area contributed by atoms with Gasteiger partial charge in [0.15, 0.2) is 5.82 Å². The highest BCUT2D eigenvalue weighted by Gasteiger charge is 2.11. The highest BCUT2D eigenvalue weighted by Crippen LogP contribution is 2.25. The van der Waals surface area contributed by atoms with Gasteiger partial charge in [0.05, 0.1) is 4.88 Å². The van der Waals surface area contributed by atoms with Crippen LogP contribution in [0.1, 0.15) is 13.3 Å². The largest absolute Gasteiger partial charge is 0.335 e. The lowest BCUT2D eigenvalue weighted by atomic mass is 10.4. The van der Waals surface area contributed by atoms with Crippen LogP contribution in [0.3, 0.4) is 0 Å². The molecule has 0 fully saturated rings. The predicted molar refractivity (Wildman–Crippen MR) is 64.5 cm³/mol. The third kappa shape index (κ3) is 2.15. The van der Waals surface area contributed by atoms with Gasteiger partial charge in [0, 0.05) is 5.75 Å². The second-order valence-corrected chi connectivity index (χ2v) is 5.01. The van der Waals surface area contributed by atoms with Crippen molar-refractivity contribution in [3.63, 3.8) is 0 Å². The van der Waals surface area contributed by atoms with Crippen molar-refractivity contribution in [1.82, 2.24) is 14.9 Å². The third-order valence-electron chi connectivity index (χ3n) is 1.84. The molecule has 0 saturated carbocycles. The van der Waals surface area contributed by atoms with E-state index in [9.17, 15) is 0 Å². The molecule has 4 nitrogen and oxygen atoms in total. The van der Waals surface area contributed by atoms with E-state index in [2.05, 4.69) is 17.1 Å². The number of nitrogens with two attached hydrogens (primary N) is 1. The molecule has 0 saturated heterocycles. The highest BCUT2D eigenvalue weighted by molar-refractivity contribution is 7.99. The van der Waals surface area contributed by atoms with Crippen molar-refractivity contribution in [2.24, 2.45) is 0 Å². The van der Waals surface area contributed by atoms with Crippen LogP contribution in [0.5, 0.6) is 0 Å². The van der Waals surface area contributed by atoms with Crippen LogP contribution in [0, 0.1) is 0 Å². The topological polar surface area (TPSA) is 56.7 Å². The summed E-state index contributed by atoms with van der Waals surface area (Å²) in [6.07, 6.45) is 1.10. The predicted octanol–water partition coefficient (Wildman–Crippen LogP) is 2.22. The summed E-state index contributed by atoms with van der Waals surface area (Å²) in [6, 6.07) is 3.97. The van der Waals surface area contributed by atoms with Crippen molar-refractivity contribution >= 4 is 23.1 Å². The number of thiophene rings is 1. The number of hydrogen-bond acceptors (Lipinski definition) is 5. The van der Waals surface area contributed by atoms with Gasteiger partial charge in [0.25, 0.3) is 0 Å². The minimum absolute atomic E-state index is 0.739. The van der Waals surface area contributed by atoms with Gasteiger partial charge < -0.3 is 5.84 Å². The van der Waals surface area contributed by atoms with E-state index in [-0.39, 0.29) is 0 Å². The zero-order chi connectivity index (χ0) is 10.7. The molecule has 0 aliphatic carbocycles. The molecule has 0 aliphatic heterocycles. The first-order chi connectivity index (χ1) is 7.33. The maximum Gasteiger partial charge on any atom is 0.210 e. The number of rotatable bonds is 4. The lowest BCUT2D eigenvalue weighted by molar-refractivity contribution is 0.849. The van der Waals surface area contributed by atoms with E-state index in [4.69, 9.17) is 5.84 Å². The van der Waals surface area contributed by atoms with E-state index in [1.165, 1.54) is 0 Å². The Morgan fingerprint density at radius 2 is 2.40 bits per heavy atom. The van der Waals surface area contributed by atoms with Gasteiger partial charge in [-0.15, -0.1) is 21.5 Å². The fourth-order valence-corrected chi connectivity index (χ4v) is 2.56. The number of nitrogens with zero attached hydrogens (tertiary/aromatic N) is 3. The van der Waals surface area contributed by atoms with Crippen molar-refractivity contribution in [1.29, 1.82) is 0 Å². The minimum atomic E-state index is 0.739. The molecular weight excluding hydrogens is 228 g/mol. The normalized spacial score (nSPS) is 10.7. The second kappa shape index (κ2) is 4.67. The summed E-state index contributed by atoms with van der Waals surface area (Å²) in [5, 5.41) is 10.9. The van der Waals surface area contributed by atoms with Gasteiger partial charge in [-0.2, -0.15) is 0 Å². The first kappa shape index (κ1) is 10.5. The molecule has 0 unspecified atom stereocenters. The summed E-state index contributed by atoms with van der Waals surface area (Å²) >= 11 is 3.25. The second-order valence-electron chi connectivity index (χ2n) is 3.00. The van der Waals surface area contributed by atoms with Gasteiger partial charge >= 0.3 is 0 Å². The fraction of sp³-hybridized carbons (Fsp3) is 0.333. The minimum Gasteiger partial charge on any atom is -0.335 e. The van der Waals surface area contributed by atoms with Crippen LogP contribution >= 0.6 is 23.1 Å². The molecule has 0 amide bonds. The van der Waals surface area contributed by atoms with E-state index in [1.807, 2.05) is 17.5 Å². The molecule has 0 spiro atoms. The van der Waals surface area contributed by atoms with E-state index >= 15 is 0 Å². The van der Waals surface area contributed by atoms with Gasteiger partial charge in [-0.25, -0.2) is 4.68 Å². The number of hydrogen-bond donors (Lipinski definition) is 1. The maximum atomic E-state index is 5.91. The average molecular weight is 240 g/mol. The molecule has 0 bridgehead atoms. The summed E-state index contributed by atoms with van der Waals surface area (Å²) < 4.78 is 1.56. The summed E-state index contributed by atoms with van der Waals surface area (Å²) in [5.74, 6) is 7.67. The summed E-state index contributed by atoms with van der Waals surface area (Å²) in [6.45, 7) is 2.13. The zero-order valence-corrected chi connectivity index (χ0v) is 10.0. The Hall–Kier alpha value is -1.01. The van der Waals surface area contributed by atoms with Gasteiger partial charge in [-0.05, 0) is 17.9 Å². The van der Waals surface area contributed by atoms with E-state index in [0.29, 0.717) is 0 Å². The molecule has 0 aromatic carbocycles.